The Kier molecular flexibility index (Phi) is 5.86. The standard InChI is InChI=1S/C15H22BrNO/c1-10(2)15(11(3)4)17-14(18)9-12-6-5-7-13(16)8-12/h5-8,10-11,15H,9H2,1-4H3,(H,17,18). The molecule has 0 aliphatic carbocycles. The Bertz CT molecular complexity index is 393. The molecule has 0 aliphatic heterocycles. The summed E-state index contributed by atoms with van der Waals surface area (Å²) in [5, 5.41) is 3.13. The van der Waals surface area contributed by atoms with Gasteiger partial charge in [0.2, 0.25) is 5.91 Å². The fourth-order valence-electron chi connectivity index (χ4n) is 2.17. The Morgan fingerprint density at radius 2 is 1.83 bits per heavy atom. The van der Waals surface area contributed by atoms with Crippen molar-refractivity contribution < 1.29 is 4.79 Å². The highest BCUT2D eigenvalue weighted by Crippen LogP contribution is 2.14. The number of amides is 1. The van der Waals surface area contributed by atoms with Crippen LogP contribution in [0.15, 0.2) is 28.7 Å². The van der Waals surface area contributed by atoms with Crippen molar-refractivity contribution in [2.24, 2.45) is 11.8 Å². The van der Waals surface area contributed by atoms with Crippen molar-refractivity contribution in [1.29, 1.82) is 0 Å². The van der Waals surface area contributed by atoms with E-state index in [1.165, 1.54) is 0 Å². The van der Waals surface area contributed by atoms with Gasteiger partial charge < -0.3 is 5.32 Å². The predicted octanol–water partition coefficient (Wildman–Crippen LogP) is 3.79. The lowest BCUT2D eigenvalue weighted by Crippen LogP contribution is -2.42. The molecule has 1 aromatic rings. The normalized spacial score (nSPS) is 11.3. The minimum Gasteiger partial charge on any atom is -0.353 e. The summed E-state index contributed by atoms with van der Waals surface area (Å²) >= 11 is 3.42. The lowest BCUT2D eigenvalue weighted by atomic mass is 9.93. The molecule has 0 unspecified atom stereocenters. The molecular formula is C15H22BrNO. The largest absolute Gasteiger partial charge is 0.353 e. The van der Waals surface area contributed by atoms with Gasteiger partial charge in [-0.2, -0.15) is 0 Å². The van der Waals surface area contributed by atoms with Crippen LogP contribution in [0, 0.1) is 11.8 Å². The number of rotatable bonds is 5. The van der Waals surface area contributed by atoms with Gasteiger partial charge in [0.05, 0.1) is 6.42 Å². The SMILES string of the molecule is CC(C)C(NC(=O)Cc1cccc(Br)c1)C(C)C. The van der Waals surface area contributed by atoms with Crippen molar-refractivity contribution >= 4 is 21.8 Å². The van der Waals surface area contributed by atoms with E-state index < -0.39 is 0 Å². The smallest absolute Gasteiger partial charge is 0.224 e. The zero-order chi connectivity index (χ0) is 13.7. The maximum Gasteiger partial charge on any atom is 0.224 e. The number of hydrogen-bond donors (Lipinski definition) is 1. The first kappa shape index (κ1) is 15.2. The van der Waals surface area contributed by atoms with Crippen molar-refractivity contribution in [2.45, 2.75) is 40.2 Å². The molecule has 0 saturated carbocycles. The minimum absolute atomic E-state index is 0.0977. The second-order valence-corrected chi connectivity index (χ2v) is 6.30. The molecule has 100 valence electrons. The maximum atomic E-state index is 12.0. The third-order valence-electron chi connectivity index (χ3n) is 3.02. The minimum atomic E-state index is 0.0977. The van der Waals surface area contributed by atoms with Crippen LogP contribution in [0.4, 0.5) is 0 Å². The number of halogens is 1. The van der Waals surface area contributed by atoms with Crippen LogP contribution in [0.2, 0.25) is 0 Å². The molecular weight excluding hydrogens is 290 g/mol. The number of carbonyl (C=O) groups is 1. The monoisotopic (exact) mass is 311 g/mol. The summed E-state index contributed by atoms with van der Waals surface area (Å²) in [6.45, 7) is 8.57. The average Bonchev–Trinajstić information content (AvgIpc) is 2.25. The highest BCUT2D eigenvalue weighted by molar-refractivity contribution is 9.10. The molecule has 0 bridgehead atoms. The fourth-order valence-corrected chi connectivity index (χ4v) is 2.62. The first-order valence-electron chi connectivity index (χ1n) is 6.44. The van der Waals surface area contributed by atoms with Gasteiger partial charge in [-0.25, -0.2) is 0 Å². The number of nitrogens with one attached hydrogen (secondary N) is 1. The van der Waals surface area contributed by atoms with Crippen LogP contribution in [-0.2, 0) is 11.2 Å². The van der Waals surface area contributed by atoms with Crippen LogP contribution < -0.4 is 5.32 Å². The second-order valence-electron chi connectivity index (χ2n) is 5.39. The third kappa shape index (κ3) is 4.81. The van der Waals surface area contributed by atoms with Crippen molar-refractivity contribution in [3.05, 3.63) is 34.3 Å². The van der Waals surface area contributed by atoms with Crippen LogP contribution in [-0.4, -0.2) is 11.9 Å². The van der Waals surface area contributed by atoms with Crippen molar-refractivity contribution in [2.75, 3.05) is 0 Å². The molecule has 1 amide bonds. The first-order chi connectivity index (χ1) is 8.40. The maximum absolute atomic E-state index is 12.0. The number of hydrogen-bond acceptors (Lipinski definition) is 1. The van der Waals surface area contributed by atoms with E-state index in [9.17, 15) is 4.79 Å². The Morgan fingerprint density at radius 3 is 2.33 bits per heavy atom. The van der Waals surface area contributed by atoms with E-state index in [-0.39, 0.29) is 11.9 Å². The quantitative estimate of drug-likeness (QED) is 0.880. The molecule has 0 radical (unpaired) electrons. The van der Waals surface area contributed by atoms with Crippen LogP contribution in [0.1, 0.15) is 33.3 Å². The molecule has 1 N–H and O–H groups in total. The molecule has 18 heavy (non-hydrogen) atoms. The van der Waals surface area contributed by atoms with Crippen LogP contribution in [0.5, 0.6) is 0 Å². The molecule has 0 saturated heterocycles. The molecule has 0 aliphatic rings. The van der Waals surface area contributed by atoms with E-state index in [1.54, 1.807) is 0 Å². The van der Waals surface area contributed by atoms with Gasteiger partial charge in [-0.15, -0.1) is 0 Å². The van der Waals surface area contributed by atoms with Gasteiger partial charge in [0.1, 0.15) is 0 Å². The highest BCUT2D eigenvalue weighted by Gasteiger charge is 2.19. The molecule has 0 heterocycles. The van der Waals surface area contributed by atoms with E-state index in [0.29, 0.717) is 18.3 Å². The summed E-state index contributed by atoms with van der Waals surface area (Å²) in [4.78, 5) is 12.0. The van der Waals surface area contributed by atoms with Gasteiger partial charge in [-0.05, 0) is 29.5 Å². The van der Waals surface area contributed by atoms with Crippen LogP contribution >= 0.6 is 15.9 Å². The zero-order valence-corrected chi connectivity index (χ0v) is 13.1. The lowest BCUT2D eigenvalue weighted by molar-refractivity contribution is -0.121. The Hall–Kier alpha value is -0.830. The van der Waals surface area contributed by atoms with Gasteiger partial charge in [0.25, 0.3) is 0 Å². The summed E-state index contributed by atoms with van der Waals surface area (Å²) in [5.74, 6) is 1.01. The molecule has 0 atom stereocenters. The summed E-state index contributed by atoms with van der Waals surface area (Å²) in [6, 6.07) is 8.12. The van der Waals surface area contributed by atoms with Gasteiger partial charge in [-0.3, -0.25) is 4.79 Å². The van der Waals surface area contributed by atoms with E-state index in [4.69, 9.17) is 0 Å². The molecule has 0 aromatic heterocycles. The first-order valence-corrected chi connectivity index (χ1v) is 7.23. The average molecular weight is 312 g/mol. The summed E-state index contributed by atoms with van der Waals surface area (Å²) in [6.07, 6.45) is 0.440. The lowest BCUT2D eigenvalue weighted by Gasteiger charge is -2.26. The summed E-state index contributed by atoms with van der Waals surface area (Å²) in [5.41, 5.74) is 1.04. The number of carbonyl (C=O) groups excluding carboxylic acids is 1. The van der Waals surface area contributed by atoms with Gasteiger partial charge in [0, 0.05) is 10.5 Å². The molecule has 0 spiro atoms. The van der Waals surface area contributed by atoms with E-state index in [0.717, 1.165) is 10.0 Å². The van der Waals surface area contributed by atoms with E-state index >= 15 is 0 Å². The fraction of sp³-hybridized carbons (Fsp3) is 0.533. The summed E-state index contributed by atoms with van der Waals surface area (Å²) in [7, 11) is 0. The number of benzene rings is 1. The molecule has 3 heteroatoms. The zero-order valence-electron chi connectivity index (χ0n) is 11.5. The Balaban J connectivity index is 2.61. The topological polar surface area (TPSA) is 29.1 Å². The van der Waals surface area contributed by atoms with Crippen molar-refractivity contribution in [3.63, 3.8) is 0 Å². The van der Waals surface area contributed by atoms with Crippen LogP contribution in [0.25, 0.3) is 0 Å². The van der Waals surface area contributed by atoms with Crippen LogP contribution in [0.3, 0.4) is 0 Å². The second kappa shape index (κ2) is 6.93. The highest BCUT2D eigenvalue weighted by atomic mass is 79.9. The van der Waals surface area contributed by atoms with E-state index in [2.05, 4.69) is 48.9 Å². The molecule has 1 aromatic carbocycles. The third-order valence-corrected chi connectivity index (χ3v) is 3.51. The molecule has 0 fully saturated rings. The van der Waals surface area contributed by atoms with Crippen molar-refractivity contribution in [1.82, 2.24) is 5.32 Å². The van der Waals surface area contributed by atoms with Gasteiger partial charge in [-0.1, -0.05) is 55.8 Å². The molecule has 2 nitrogen and oxygen atoms in total. The molecule has 1 rings (SSSR count). The predicted molar refractivity (Wildman–Crippen MR) is 79.5 cm³/mol. The van der Waals surface area contributed by atoms with E-state index in [1.807, 2.05) is 24.3 Å². The van der Waals surface area contributed by atoms with Crippen molar-refractivity contribution in [3.8, 4) is 0 Å². The Labute approximate surface area is 118 Å². The van der Waals surface area contributed by atoms with Gasteiger partial charge >= 0.3 is 0 Å². The van der Waals surface area contributed by atoms with Gasteiger partial charge in [0.15, 0.2) is 0 Å². The summed E-state index contributed by atoms with van der Waals surface area (Å²) < 4.78 is 1.01. The Morgan fingerprint density at radius 1 is 1.22 bits per heavy atom.